The van der Waals surface area contributed by atoms with Crippen LogP contribution in [0.5, 0.6) is 5.88 Å². The second-order valence-corrected chi connectivity index (χ2v) is 11.3. The lowest BCUT2D eigenvalue weighted by atomic mass is 9.98. The van der Waals surface area contributed by atoms with E-state index in [4.69, 9.17) is 14.7 Å². The maximum Gasteiger partial charge on any atom is 0.243 e. The van der Waals surface area contributed by atoms with E-state index in [9.17, 15) is 12.8 Å². The van der Waals surface area contributed by atoms with E-state index >= 15 is 0 Å². The van der Waals surface area contributed by atoms with Gasteiger partial charge in [-0.15, -0.1) is 0 Å². The number of aromatic nitrogens is 2. The second kappa shape index (κ2) is 10.2. The van der Waals surface area contributed by atoms with Crippen molar-refractivity contribution in [2.75, 3.05) is 26.2 Å². The second-order valence-electron chi connectivity index (χ2n) is 9.35. The molecule has 1 aliphatic heterocycles. The van der Waals surface area contributed by atoms with Gasteiger partial charge in [-0.2, -0.15) is 9.29 Å². The first kappa shape index (κ1) is 24.1. The van der Waals surface area contributed by atoms with Crippen molar-refractivity contribution in [1.29, 1.82) is 0 Å². The summed E-state index contributed by atoms with van der Waals surface area (Å²) in [6, 6.07) is 12.8. The predicted molar refractivity (Wildman–Crippen MR) is 132 cm³/mol. The number of piperazine rings is 1. The van der Waals surface area contributed by atoms with Gasteiger partial charge in [-0.1, -0.05) is 18.6 Å². The van der Waals surface area contributed by atoms with E-state index in [1.54, 1.807) is 0 Å². The Morgan fingerprint density at radius 2 is 1.63 bits per heavy atom. The zero-order valence-electron chi connectivity index (χ0n) is 19.9. The average Bonchev–Trinajstić information content (AvgIpc) is 2.89. The van der Waals surface area contributed by atoms with Crippen molar-refractivity contribution < 1.29 is 17.5 Å². The van der Waals surface area contributed by atoms with Gasteiger partial charge < -0.3 is 4.74 Å². The molecule has 1 atom stereocenters. The van der Waals surface area contributed by atoms with E-state index in [0.29, 0.717) is 37.9 Å². The summed E-state index contributed by atoms with van der Waals surface area (Å²) in [6.07, 6.45) is 5.91. The van der Waals surface area contributed by atoms with Crippen LogP contribution in [0.25, 0.3) is 10.9 Å². The number of halogens is 1. The minimum atomic E-state index is -3.66. The molecule has 1 aromatic heterocycles. The summed E-state index contributed by atoms with van der Waals surface area (Å²) in [5.74, 6) is 0.871. The van der Waals surface area contributed by atoms with Crippen LogP contribution >= 0.6 is 0 Å². The molecule has 0 spiro atoms. The normalized spacial score (nSPS) is 19.6. The van der Waals surface area contributed by atoms with Crippen molar-refractivity contribution in [2.45, 2.75) is 56.1 Å². The van der Waals surface area contributed by atoms with Crippen LogP contribution in [0, 0.1) is 5.82 Å². The minimum Gasteiger partial charge on any atom is -0.474 e. The maximum atomic E-state index is 13.2. The quantitative estimate of drug-likeness (QED) is 0.496. The number of rotatable bonds is 6. The smallest absolute Gasteiger partial charge is 0.243 e. The molecule has 35 heavy (non-hydrogen) atoms. The first-order chi connectivity index (χ1) is 16.9. The van der Waals surface area contributed by atoms with Crippen molar-refractivity contribution in [3.63, 3.8) is 0 Å². The third kappa shape index (κ3) is 5.17. The lowest BCUT2D eigenvalue weighted by Crippen LogP contribution is -2.49. The van der Waals surface area contributed by atoms with Gasteiger partial charge in [0, 0.05) is 26.2 Å². The zero-order chi connectivity index (χ0) is 24.4. The molecule has 0 N–H and O–H groups in total. The molecular weight excluding hydrogens is 467 g/mol. The van der Waals surface area contributed by atoms with Gasteiger partial charge >= 0.3 is 0 Å². The largest absolute Gasteiger partial charge is 0.474 e. The molecule has 1 saturated carbocycles. The van der Waals surface area contributed by atoms with Crippen LogP contribution in [-0.4, -0.2) is 59.9 Å². The standard InChI is InChI=1S/C26H31FN4O3S/c1-19(30-15-17-31(18-16-30)35(32,33)22-13-11-20(27)12-14-22)25-28-24-10-6-5-9-23(24)26(29-25)34-21-7-3-2-4-8-21/h5-6,9-14,19,21H,2-4,7-8,15-18H2,1H3. The first-order valence-electron chi connectivity index (χ1n) is 12.3. The molecule has 0 radical (unpaired) electrons. The minimum absolute atomic E-state index is 0.0935. The Balaban J connectivity index is 1.32. The highest BCUT2D eigenvalue weighted by Crippen LogP contribution is 2.30. The first-order valence-corrected chi connectivity index (χ1v) is 13.8. The summed E-state index contributed by atoms with van der Waals surface area (Å²) in [5, 5.41) is 0.921. The van der Waals surface area contributed by atoms with Crippen molar-refractivity contribution in [2.24, 2.45) is 0 Å². The monoisotopic (exact) mass is 498 g/mol. The fraction of sp³-hybridized carbons (Fsp3) is 0.462. The van der Waals surface area contributed by atoms with Gasteiger partial charge in [-0.05, 0) is 69.0 Å². The molecule has 0 amide bonds. The topological polar surface area (TPSA) is 75.6 Å². The van der Waals surface area contributed by atoms with Crippen molar-refractivity contribution in [3.8, 4) is 5.88 Å². The molecule has 2 heterocycles. The van der Waals surface area contributed by atoms with Crippen molar-refractivity contribution in [1.82, 2.24) is 19.2 Å². The SMILES string of the molecule is CC(c1nc(OC2CCCCC2)c2ccccc2n1)N1CCN(S(=O)(=O)c2ccc(F)cc2)CC1. The Morgan fingerprint density at radius 1 is 0.943 bits per heavy atom. The van der Waals surface area contributed by atoms with E-state index < -0.39 is 15.8 Å². The van der Waals surface area contributed by atoms with Crippen LogP contribution in [0.4, 0.5) is 4.39 Å². The van der Waals surface area contributed by atoms with Crippen molar-refractivity contribution >= 4 is 20.9 Å². The fourth-order valence-electron chi connectivity index (χ4n) is 4.93. The Labute approximate surface area is 206 Å². The van der Waals surface area contributed by atoms with Gasteiger partial charge in [0.2, 0.25) is 15.9 Å². The summed E-state index contributed by atoms with van der Waals surface area (Å²) >= 11 is 0. The Bertz CT molecular complexity index is 1270. The molecule has 9 heteroatoms. The highest BCUT2D eigenvalue weighted by Gasteiger charge is 2.31. The summed E-state index contributed by atoms with van der Waals surface area (Å²) in [6.45, 7) is 3.86. The summed E-state index contributed by atoms with van der Waals surface area (Å²) in [4.78, 5) is 12.0. The summed E-state index contributed by atoms with van der Waals surface area (Å²) in [7, 11) is -3.66. The lowest BCUT2D eigenvalue weighted by molar-refractivity contribution is 0.135. The Kier molecular flexibility index (Phi) is 7.00. The Morgan fingerprint density at radius 3 is 2.34 bits per heavy atom. The lowest BCUT2D eigenvalue weighted by Gasteiger charge is -2.37. The van der Waals surface area contributed by atoms with E-state index in [1.165, 1.54) is 47.8 Å². The van der Waals surface area contributed by atoms with Crippen LogP contribution in [0.2, 0.25) is 0 Å². The highest BCUT2D eigenvalue weighted by atomic mass is 32.2. The van der Waals surface area contributed by atoms with Crippen LogP contribution < -0.4 is 4.74 Å². The Hall–Kier alpha value is -2.62. The number of para-hydroxylation sites is 1. The van der Waals surface area contributed by atoms with Crippen LogP contribution in [0.1, 0.15) is 50.9 Å². The number of nitrogens with zero attached hydrogens (tertiary/aromatic N) is 4. The van der Waals surface area contributed by atoms with Gasteiger partial charge in [-0.3, -0.25) is 4.90 Å². The maximum absolute atomic E-state index is 13.2. The van der Waals surface area contributed by atoms with Gasteiger partial charge in [0.15, 0.2) is 0 Å². The molecule has 1 aliphatic carbocycles. The number of ether oxygens (including phenoxy) is 1. The molecule has 186 valence electrons. The van der Waals surface area contributed by atoms with Crippen LogP contribution in [0.15, 0.2) is 53.4 Å². The molecule has 7 nitrogen and oxygen atoms in total. The van der Waals surface area contributed by atoms with Gasteiger partial charge in [0.1, 0.15) is 17.7 Å². The number of hydrogen-bond acceptors (Lipinski definition) is 6. The molecule has 2 fully saturated rings. The molecule has 2 aliphatic rings. The molecule has 1 unspecified atom stereocenters. The number of fused-ring (bicyclic) bond motifs is 1. The molecule has 0 bridgehead atoms. The van der Waals surface area contributed by atoms with E-state index in [-0.39, 0.29) is 17.0 Å². The van der Waals surface area contributed by atoms with Crippen LogP contribution in [-0.2, 0) is 10.0 Å². The van der Waals surface area contributed by atoms with Gasteiger partial charge in [0.25, 0.3) is 0 Å². The van der Waals surface area contributed by atoms with Gasteiger partial charge in [0.05, 0.1) is 21.8 Å². The summed E-state index contributed by atoms with van der Waals surface area (Å²) < 4.78 is 47.0. The fourth-order valence-corrected chi connectivity index (χ4v) is 6.35. The molecule has 5 rings (SSSR count). The zero-order valence-corrected chi connectivity index (χ0v) is 20.8. The average molecular weight is 499 g/mol. The number of hydrogen-bond donors (Lipinski definition) is 0. The molecule has 2 aromatic carbocycles. The predicted octanol–water partition coefficient (Wildman–Crippen LogP) is 4.55. The molecule has 3 aromatic rings. The third-order valence-corrected chi connectivity index (χ3v) is 8.97. The number of benzene rings is 2. The third-order valence-electron chi connectivity index (χ3n) is 7.06. The van der Waals surface area contributed by atoms with Gasteiger partial charge in [-0.25, -0.2) is 17.8 Å². The van der Waals surface area contributed by atoms with E-state index in [1.807, 2.05) is 24.3 Å². The molecule has 1 saturated heterocycles. The van der Waals surface area contributed by atoms with E-state index in [2.05, 4.69) is 11.8 Å². The summed E-state index contributed by atoms with van der Waals surface area (Å²) in [5.41, 5.74) is 0.854. The highest BCUT2D eigenvalue weighted by molar-refractivity contribution is 7.89. The van der Waals surface area contributed by atoms with E-state index in [0.717, 1.165) is 23.7 Å². The van der Waals surface area contributed by atoms with Crippen molar-refractivity contribution in [3.05, 3.63) is 60.2 Å². The molecular formula is C26H31FN4O3S. The van der Waals surface area contributed by atoms with Crippen LogP contribution in [0.3, 0.4) is 0 Å². The number of sulfonamides is 1.